The maximum absolute atomic E-state index is 12.6. The van der Waals surface area contributed by atoms with Crippen molar-refractivity contribution in [1.82, 2.24) is 4.90 Å². The molecular weight excluding hydrogens is 346 g/mol. The van der Waals surface area contributed by atoms with Gasteiger partial charge in [-0.1, -0.05) is 38.5 Å². The third kappa shape index (κ3) is 9.99. The summed E-state index contributed by atoms with van der Waals surface area (Å²) >= 11 is 0. The van der Waals surface area contributed by atoms with E-state index < -0.39 is 0 Å². The summed E-state index contributed by atoms with van der Waals surface area (Å²) in [7, 11) is 1.36. The second-order valence-corrected chi connectivity index (χ2v) is 6.49. The number of esters is 1. The fraction of sp³-hybridized carbons (Fsp3) is 0.619. The molecule has 27 heavy (non-hydrogen) atoms. The molecular formula is C21H33NO5. The lowest BCUT2D eigenvalue weighted by Crippen LogP contribution is -2.38. The molecule has 0 saturated carbocycles. The third-order valence-corrected chi connectivity index (χ3v) is 4.14. The Bertz CT molecular complexity index is 535. The fourth-order valence-corrected chi connectivity index (χ4v) is 2.56. The summed E-state index contributed by atoms with van der Waals surface area (Å²) in [6.07, 6.45) is 3.14. The number of carbonyl (C=O) groups excluding carboxylic acids is 2. The Balaban J connectivity index is 2.46. The van der Waals surface area contributed by atoms with Crippen LogP contribution in [-0.4, -0.2) is 56.8 Å². The monoisotopic (exact) mass is 379 g/mol. The van der Waals surface area contributed by atoms with Gasteiger partial charge in [0.15, 0.2) is 0 Å². The van der Waals surface area contributed by atoms with E-state index in [1.165, 1.54) is 7.11 Å². The molecule has 0 heterocycles. The van der Waals surface area contributed by atoms with Gasteiger partial charge in [0, 0.05) is 26.3 Å². The minimum absolute atomic E-state index is 0.0322. The number of para-hydroxylation sites is 1. The molecule has 1 aromatic carbocycles. The number of ether oxygens (including phenoxy) is 3. The Morgan fingerprint density at radius 2 is 1.78 bits per heavy atom. The molecule has 1 aromatic rings. The van der Waals surface area contributed by atoms with Crippen LogP contribution in [0.5, 0.6) is 5.75 Å². The van der Waals surface area contributed by atoms with E-state index in [1.54, 1.807) is 11.8 Å². The molecule has 0 N–H and O–H groups in total. The quantitative estimate of drug-likeness (QED) is 0.367. The number of unbranched alkanes of at least 4 members (excludes halogenated alkanes) is 1. The van der Waals surface area contributed by atoms with Gasteiger partial charge in [0.25, 0.3) is 0 Å². The van der Waals surface area contributed by atoms with Crippen LogP contribution in [0.15, 0.2) is 30.3 Å². The normalized spacial score (nSPS) is 11.7. The van der Waals surface area contributed by atoms with E-state index in [-0.39, 0.29) is 24.2 Å². The van der Waals surface area contributed by atoms with Crippen LogP contribution in [0.4, 0.5) is 0 Å². The predicted molar refractivity (Wildman–Crippen MR) is 105 cm³/mol. The molecule has 0 fully saturated rings. The molecule has 0 aromatic heterocycles. The number of carbonyl (C=O) groups is 2. The first kappa shape index (κ1) is 23.0. The summed E-state index contributed by atoms with van der Waals surface area (Å²) < 4.78 is 15.9. The molecule has 1 amide bonds. The molecule has 1 atom stereocenters. The highest BCUT2D eigenvalue weighted by atomic mass is 16.5. The molecule has 152 valence electrons. The van der Waals surface area contributed by atoms with Gasteiger partial charge in [-0.15, -0.1) is 0 Å². The largest absolute Gasteiger partial charge is 0.493 e. The molecule has 0 aliphatic carbocycles. The van der Waals surface area contributed by atoms with Gasteiger partial charge in [0.2, 0.25) is 5.91 Å². The standard InChI is InChI=1S/C21H33NO5/c1-4-5-14-26-15-9-13-22(17-18(2)21(24)25-3)20(23)12-16-27-19-10-7-6-8-11-19/h6-8,10-11,18H,4-5,9,12-17H2,1-3H3. The zero-order valence-electron chi connectivity index (χ0n) is 16.8. The van der Waals surface area contributed by atoms with Crippen molar-refractivity contribution in [2.24, 2.45) is 5.92 Å². The first-order chi connectivity index (χ1) is 13.1. The lowest BCUT2D eigenvalue weighted by atomic mass is 10.1. The lowest BCUT2D eigenvalue weighted by Gasteiger charge is -2.25. The van der Waals surface area contributed by atoms with Crippen molar-refractivity contribution in [2.45, 2.75) is 39.5 Å². The molecule has 1 unspecified atom stereocenters. The van der Waals surface area contributed by atoms with Crippen molar-refractivity contribution in [1.29, 1.82) is 0 Å². The van der Waals surface area contributed by atoms with Gasteiger partial charge in [-0.05, 0) is 25.0 Å². The third-order valence-electron chi connectivity index (χ3n) is 4.14. The zero-order chi connectivity index (χ0) is 19.9. The summed E-state index contributed by atoms with van der Waals surface area (Å²) in [5, 5.41) is 0. The fourth-order valence-electron chi connectivity index (χ4n) is 2.56. The summed E-state index contributed by atoms with van der Waals surface area (Å²) in [6.45, 7) is 6.44. The van der Waals surface area contributed by atoms with Gasteiger partial charge >= 0.3 is 5.97 Å². The molecule has 0 aliphatic heterocycles. The molecule has 0 aliphatic rings. The average Bonchev–Trinajstić information content (AvgIpc) is 2.69. The van der Waals surface area contributed by atoms with Crippen LogP contribution in [0.2, 0.25) is 0 Å². The summed E-state index contributed by atoms with van der Waals surface area (Å²) in [4.78, 5) is 26.0. The van der Waals surface area contributed by atoms with Crippen LogP contribution in [0.3, 0.4) is 0 Å². The van der Waals surface area contributed by atoms with E-state index in [4.69, 9.17) is 14.2 Å². The van der Waals surface area contributed by atoms with Crippen molar-refractivity contribution in [3.8, 4) is 5.75 Å². The molecule has 6 nitrogen and oxygen atoms in total. The number of benzene rings is 1. The van der Waals surface area contributed by atoms with Crippen LogP contribution in [-0.2, 0) is 19.1 Å². The first-order valence-corrected chi connectivity index (χ1v) is 9.69. The van der Waals surface area contributed by atoms with Crippen molar-refractivity contribution in [3.63, 3.8) is 0 Å². The lowest BCUT2D eigenvalue weighted by molar-refractivity contribution is -0.146. The molecule has 0 radical (unpaired) electrons. The van der Waals surface area contributed by atoms with Crippen molar-refractivity contribution >= 4 is 11.9 Å². The van der Waals surface area contributed by atoms with E-state index >= 15 is 0 Å². The molecule has 1 rings (SSSR count). The topological polar surface area (TPSA) is 65.1 Å². The molecule has 6 heteroatoms. The number of hydrogen-bond acceptors (Lipinski definition) is 5. The number of nitrogens with zero attached hydrogens (tertiary/aromatic N) is 1. The molecule has 0 spiro atoms. The Hall–Kier alpha value is -2.08. The van der Waals surface area contributed by atoms with Crippen molar-refractivity contribution in [2.75, 3.05) is 40.0 Å². The van der Waals surface area contributed by atoms with Gasteiger partial charge in [-0.25, -0.2) is 0 Å². The van der Waals surface area contributed by atoms with Gasteiger partial charge in [0.1, 0.15) is 5.75 Å². The number of amides is 1. The maximum Gasteiger partial charge on any atom is 0.310 e. The van der Waals surface area contributed by atoms with Crippen LogP contribution < -0.4 is 4.74 Å². The Morgan fingerprint density at radius 3 is 2.44 bits per heavy atom. The Kier molecular flexibility index (Phi) is 11.9. The second-order valence-electron chi connectivity index (χ2n) is 6.49. The molecule has 0 saturated heterocycles. The highest BCUT2D eigenvalue weighted by Gasteiger charge is 2.21. The minimum atomic E-state index is -0.366. The number of rotatable bonds is 14. The minimum Gasteiger partial charge on any atom is -0.493 e. The van der Waals surface area contributed by atoms with E-state index in [9.17, 15) is 9.59 Å². The highest BCUT2D eigenvalue weighted by Crippen LogP contribution is 2.10. The Morgan fingerprint density at radius 1 is 1.07 bits per heavy atom. The molecule has 0 bridgehead atoms. The summed E-state index contributed by atoms with van der Waals surface area (Å²) in [5.74, 6) is 0.0295. The van der Waals surface area contributed by atoms with E-state index in [1.807, 2.05) is 30.3 Å². The zero-order valence-corrected chi connectivity index (χ0v) is 16.8. The van der Waals surface area contributed by atoms with Gasteiger partial charge in [-0.3, -0.25) is 9.59 Å². The first-order valence-electron chi connectivity index (χ1n) is 9.69. The van der Waals surface area contributed by atoms with Gasteiger partial charge in [0.05, 0.1) is 26.1 Å². The van der Waals surface area contributed by atoms with E-state index in [0.717, 1.165) is 31.6 Å². The summed E-state index contributed by atoms with van der Waals surface area (Å²) in [6, 6.07) is 9.40. The average molecular weight is 379 g/mol. The van der Waals surface area contributed by atoms with Gasteiger partial charge < -0.3 is 19.1 Å². The van der Waals surface area contributed by atoms with Crippen molar-refractivity contribution < 1.29 is 23.8 Å². The van der Waals surface area contributed by atoms with Crippen LogP contribution in [0.25, 0.3) is 0 Å². The van der Waals surface area contributed by atoms with Gasteiger partial charge in [-0.2, -0.15) is 0 Å². The van der Waals surface area contributed by atoms with Crippen molar-refractivity contribution in [3.05, 3.63) is 30.3 Å². The summed E-state index contributed by atoms with van der Waals surface area (Å²) in [5.41, 5.74) is 0. The van der Waals surface area contributed by atoms with Crippen LogP contribution in [0, 0.1) is 5.92 Å². The second kappa shape index (κ2) is 14.0. The van der Waals surface area contributed by atoms with Crippen LogP contribution >= 0.6 is 0 Å². The van der Waals surface area contributed by atoms with Crippen LogP contribution in [0.1, 0.15) is 39.5 Å². The van der Waals surface area contributed by atoms with E-state index in [2.05, 4.69) is 6.92 Å². The Labute approximate surface area is 162 Å². The van der Waals surface area contributed by atoms with E-state index in [0.29, 0.717) is 26.3 Å². The number of methoxy groups -OCH3 is 1. The SMILES string of the molecule is CCCCOCCCN(CC(C)C(=O)OC)C(=O)CCOc1ccccc1. The number of hydrogen-bond donors (Lipinski definition) is 0. The highest BCUT2D eigenvalue weighted by molar-refractivity contribution is 5.78. The maximum atomic E-state index is 12.6. The predicted octanol–water partition coefficient (Wildman–Crippen LogP) is 3.30. The smallest absolute Gasteiger partial charge is 0.310 e.